The van der Waals surface area contributed by atoms with E-state index < -0.39 is 7.82 Å². The monoisotopic (exact) mass is 376 g/mol. The van der Waals surface area contributed by atoms with E-state index in [1.807, 2.05) is 6.92 Å². The predicted octanol–water partition coefficient (Wildman–Crippen LogP) is 5.28. The van der Waals surface area contributed by atoms with Gasteiger partial charge in [0.05, 0.1) is 25.9 Å². The van der Waals surface area contributed by atoms with Crippen LogP contribution in [0.2, 0.25) is 0 Å². The fraction of sp³-hybridized carbons (Fsp3) is 1.00. The highest BCUT2D eigenvalue weighted by molar-refractivity contribution is 7.46. The smallest absolute Gasteiger partial charge is 0.376 e. The van der Waals surface area contributed by atoms with Crippen molar-refractivity contribution in [3.05, 3.63) is 0 Å². The number of phosphoric ester groups is 1. The van der Waals surface area contributed by atoms with Gasteiger partial charge >= 0.3 is 7.82 Å². The fourth-order valence-corrected chi connectivity index (χ4v) is 2.02. The molecule has 0 radical (unpaired) electrons. The van der Waals surface area contributed by atoms with E-state index in [4.69, 9.17) is 19.3 Å². The van der Waals surface area contributed by atoms with Crippen molar-refractivity contribution in [2.24, 2.45) is 5.92 Å². The molecule has 6 nitrogen and oxygen atoms in total. The number of hydrogen-bond acceptors (Lipinski definition) is 4. The molecule has 24 heavy (non-hydrogen) atoms. The molecule has 154 valence electrons. The van der Waals surface area contributed by atoms with E-state index in [0.29, 0.717) is 12.5 Å². The number of rotatable bonds is 13. The van der Waals surface area contributed by atoms with Gasteiger partial charge in [0.2, 0.25) is 0 Å². The van der Waals surface area contributed by atoms with E-state index in [1.165, 1.54) is 19.3 Å². The van der Waals surface area contributed by atoms with Crippen molar-refractivity contribution in [3.63, 3.8) is 0 Å². The lowest BCUT2D eigenvalue weighted by Gasteiger charge is -2.19. The Morgan fingerprint density at radius 3 is 2.04 bits per heavy atom. The lowest BCUT2D eigenvalue weighted by atomic mass is 10.0. The van der Waals surface area contributed by atoms with Gasteiger partial charge in [-0.25, -0.2) is 4.57 Å². The largest absolute Gasteiger partial charge is 0.469 e. The van der Waals surface area contributed by atoms with Crippen LogP contribution in [0.1, 0.15) is 76.2 Å². The summed E-state index contributed by atoms with van der Waals surface area (Å²) in [5, 5.41) is 0. The van der Waals surface area contributed by atoms with Gasteiger partial charge in [-0.05, 0) is 19.3 Å². The van der Waals surface area contributed by atoms with Crippen LogP contribution < -0.4 is 0 Å². The Labute approximate surface area is 151 Å². The third-order valence-electron chi connectivity index (χ3n) is 3.00. The third kappa shape index (κ3) is 24.3. The Kier molecular flexibility index (Phi) is 30.9. The quantitative estimate of drug-likeness (QED) is 0.336. The molecule has 7 heteroatoms. The second-order valence-corrected chi connectivity index (χ2v) is 6.20. The summed E-state index contributed by atoms with van der Waals surface area (Å²) in [6, 6.07) is 0. The van der Waals surface area contributed by atoms with E-state index in [1.54, 1.807) is 0 Å². The zero-order chi connectivity index (χ0) is 15.4. The minimum absolute atomic E-state index is 0. The first kappa shape index (κ1) is 35.2. The molecular formula is C17H45O6P. The van der Waals surface area contributed by atoms with Crippen molar-refractivity contribution in [2.45, 2.75) is 82.3 Å². The van der Waals surface area contributed by atoms with Crippen LogP contribution in [0.3, 0.4) is 0 Å². The first-order chi connectivity index (χ1) is 9.39. The molecular weight excluding hydrogens is 331 g/mol. The Bertz CT molecular complexity index is 270. The molecule has 0 saturated carbocycles. The van der Waals surface area contributed by atoms with Crippen LogP contribution in [0.15, 0.2) is 0 Å². The van der Waals surface area contributed by atoms with Crippen LogP contribution in [0.5, 0.6) is 0 Å². The van der Waals surface area contributed by atoms with Crippen molar-refractivity contribution in [1.29, 1.82) is 0 Å². The Balaban J connectivity index is -0.000000301. The van der Waals surface area contributed by atoms with Crippen molar-refractivity contribution >= 4 is 7.82 Å². The SMILES string of the molecule is C.C.C.C.CCCCC(CC)COC(C)COCCOP(=O)(O)O. The van der Waals surface area contributed by atoms with Gasteiger partial charge in [0.15, 0.2) is 0 Å². The zero-order valence-electron chi connectivity index (χ0n) is 12.8. The average molecular weight is 377 g/mol. The van der Waals surface area contributed by atoms with Crippen LogP contribution in [0.4, 0.5) is 0 Å². The highest BCUT2D eigenvalue weighted by Gasteiger charge is 2.13. The van der Waals surface area contributed by atoms with Gasteiger partial charge in [-0.15, -0.1) is 0 Å². The van der Waals surface area contributed by atoms with Gasteiger partial charge in [-0.2, -0.15) is 0 Å². The minimum Gasteiger partial charge on any atom is -0.376 e. The Morgan fingerprint density at radius 2 is 1.58 bits per heavy atom. The lowest BCUT2D eigenvalue weighted by Crippen LogP contribution is -2.21. The van der Waals surface area contributed by atoms with Crippen LogP contribution in [0, 0.1) is 5.92 Å². The first-order valence-corrected chi connectivity index (χ1v) is 8.81. The van der Waals surface area contributed by atoms with Crippen molar-refractivity contribution in [1.82, 2.24) is 0 Å². The van der Waals surface area contributed by atoms with E-state index in [0.717, 1.165) is 13.0 Å². The number of ether oxygens (including phenoxy) is 2. The molecule has 0 amide bonds. The summed E-state index contributed by atoms with van der Waals surface area (Å²) in [5.41, 5.74) is 0. The molecule has 0 fully saturated rings. The second kappa shape index (κ2) is 21.1. The summed E-state index contributed by atoms with van der Waals surface area (Å²) in [4.78, 5) is 17.0. The molecule has 0 aliphatic carbocycles. The minimum atomic E-state index is -4.38. The highest BCUT2D eigenvalue weighted by atomic mass is 31.2. The second-order valence-electron chi connectivity index (χ2n) is 4.96. The van der Waals surface area contributed by atoms with Gasteiger partial charge in [0.1, 0.15) is 0 Å². The number of unbranched alkanes of at least 4 members (excludes halogenated alkanes) is 1. The predicted molar refractivity (Wildman–Crippen MR) is 104 cm³/mol. The molecule has 0 bridgehead atoms. The summed E-state index contributed by atoms with van der Waals surface area (Å²) >= 11 is 0. The molecule has 0 spiro atoms. The molecule has 0 rings (SSSR count). The van der Waals surface area contributed by atoms with E-state index in [-0.39, 0.29) is 49.0 Å². The number of phosphoric acid groups is 1. The zero-order valence-corrected chi connectivity index (χ0v) is 13.7. The molecule has 0 aromatic heterocycles. The average Bonchev–Trinajstić information content (AvgIpc) is 2.37. The summed E-state index contributed by atoms with van der Waals surface area (Å²) in [6.45, 7) is 7.44. The molecule has 0 aliphatic heterocycles. The van der Waals surface area contributed by atoms with Crippen LogP contribution in [0.25, 0.3) is 0 Å². The summed E-state index contributed by atoms with van der Waals surface area (Å²) < 4.78 is 25.7. The molecule has 0 aromatic rings. The topological polar surface area (TPSA) is 85.2 Å². The maximum Gasteiger partial charge on any atom is 0.469 e. The highest BCUT2D eigenvalue weighted by Crippen LogP contribution is 2.35. The van der Waals surface area contributed by atoms with Gasteiger partial charge in [0, 0.05) is 6.61 Å². The molecule has 0 heterocycles. The van der Waals surface area contributed by atoms with Crippen LogP contribution in [-0.2, 0) is 18.6 Å². The van der Waals surface area contributed by atoms with E-state index in [2.05, 4.69) is 18.4 Å². The maximum absolute atomic E-state index is 10.4. The molecule has 0 saturated heterocycles. The standard InChI is InChI=1S/C13H29O6P.4CH4/c1-4-6-7-13(5-2)11-18-12(3)10-17-8-9-19-20(14,15)16;;;;/h12-13H,4-11H2,1-3H3,(H2,14,15,16);4*1H4. The Morgan fingerprint density at radius 1 is 1.00 bits per heavy atom. The lowest BCUT2D eigenvalue weighted by molar-refractivity contribution is -0.0273. The van der Waals surface area contributed by atoms with E-state index >= 15 is 0 Å². The fourth-order valence-electron chi connectivity index (χ4n) is 1.71. The maximum atomic E-state index is 10.4. The molecule has 2 unspecified atom stereocenters. The van der Waals surface area contributed by atoms with Gasteiger partial charge in [0.25, 0.3) is 0 Å². The van der Waals surface area contributed by atoms with Gasteiger partial charge in [-0.1, -0.05) is 62.8 Å². The van der Waals surface area contributed by atoms with Gasteiger partial charge < -0.3 is 19.3 Å². The first-order valence-electron chi connectivity index (χ1n) is 7.28. The molecule has 2 N–H and O–H groups in total. The van der Waals surface area contributed by atoms with Crippen molar-refractivity contribution in [2.75, 3.05) is 26.4 Å². The molecule has 0 aliphatic rings. The Hall–Kier alpha value is 0.0300. The molecule has 0 aromatic carbocycles. The van der Waals surface area contributed by atoms with Crippen LogP contribution >= 0.6 is 7.82 Å². The molecule has 2 atom stereocenters. The normalized spacial score (nSPS) is 12.7. The summed E-state index contributed by atoms with van der Waals surface area (Å²) in [6.07, 6.45) is 4.71. The van der Waals surface area contributed by atoms with Gasteiger partial charge in [-0.3, -0.25) is 4.52 Å². The summed E-state index contributed by atoms with van der Waals surface area (Å²) in [7, 11) is -4.38. The number of hydrogen-bond donors (Lipinski definition) is 2. The van der Waals surface area contributed by atoms with Crippen molar-refractivity contribution in [3.8, 4) is 0 Å². The van der Waals surface area contributed by atoms with E-state index in [9.17, 15) is 4.57 Å². The van der Waals surface area contributed by atoms with Crippen molar-refractivity contribution < 1.29 is 28.3 Å². The van der Waals surface area contributed by atoms with Crippen LogP contribution in [-0.4, -0.2) is 42.3 Å². The third-order valence-corrected chi connectivity index (χ3v) is 3.52. The summed E-state index contributed by atoms with van der Waals surface area (Å²) in [5.74, 6) is 0.593.